The molecule has 0 aliphatic carbocycles. The second-order valence-corrected chi connectivity index (χ2v) is 6.64. The van der Waals surface area contributed by atoms with Crippen molar-refractivity contribution in [3.63, 3.8) is 0 Å². The molecule has 0 aromatic carbocycles. The fraction of sp³-hybridized carbons (Fsp3) is 0.800. The molecule has 3 heteroatoms. The fourth-order valence-corrected chi connectivity index (χ4v) is 2.90. The minimum atomic E-state index is 0.942. The normalized spacial score (nSPS) is 11.5. The second kappa shape index (κ2) is 15.8. The zero-order valence-corrected chi connectivity index (χ0v) is 15.2. The lowest BCUT2D eigenvalue weighted by molar-refractivity contribution is 0.536. The number of aromatic nitrogens is 2. The van der Waals surface area contributed by atoms with E-state index in [1.807, 2.05) is 6.21 Å². The van der Waals surface area contributed by atoms with Gasteiger partial charge < -0.3 is 4.98 Å². The number of hydrogen-bond donors (Lipinski definition) is 1. The standard InChI is InChI=1S/C20H37N3/c1-2-3-4-5-6-7-8-9-10-11-12-13-14-15-16-21-17-20-18-22-19-23-20/h17-19H,2-16H2,1H3,(H,22,23). The lowest BCUT2D eigenvalue weighted by Crippen LogP contribution is -1.86. The van der Waals surface area contributed by atoms with Gasteiger partial charge in [0.25, 0.3) is 0 Å². The summed E-state index contributed by atoms with van der Waals surface area (Å²) in [4.78, 5) is 11.4. The minimum absolute atomic E-state index is 0.942. The highest BCUT2D eigenvalue weighted by molar-refractivity contribution is 5.76. The molecule has 0 atom stereocenters. The molecular formula is C20H37N3. The number of hydrogen-bond acceptors (Lipinski definition) is 2. The van der Waals surface area contributed by atoms with Crippen LogP contribution in [0, 0.1) is 0 Å². The number of nitrogens with one attached hydrogen (secondary N) is 1. The lowest BCUT2D eigenvalue weighted by Gasteiger charge is -2.02. The molecule has 0 saturated carbocycles. The van der Waals surface area contributed by atoms with E-state index >= 15 is 0 Å². The molecule has 0 fully saturated rings. The van der Waals surface area contributed by atoms with Gasteiger partial charge in [0, 0.05) is 12.8 Å². The first-order valence-corrected chi connectivity index (χ1v) is 9.91. The van der Waals surface area contributed by atoms with Crippen LogP contribution in [0.5, 0.6) is 0 Å². The summed E-state index contributed by atoms with van der Waals surface area (Å²) in [5.41, 5.74) is 0.996. The number of imidazole rings is 1. The van der Waals surface area contributed by atoms with Crippen LogP contribution in [0.4, 0.5) is 0 Å². The van der Waals surface area contributed by atoms with Gasteiger partial charge >= 0.3 is 0 Å². The average Bonchev–Trinajstić information content (AvgIpc) is 3.08. The van der Waals surface area contributed by atoms with Crippen molar-refractivity contribution in [2.24, 2.45) is 4.99 Å². The number of rotatable bonds is 16. The monoisotopic (exact) mass is 319 g/mol. The molecule has 1 N–H and O–H groups in total. The van der Waals surface area contributed by atoms with Gasteiger partial charge in [0.05, 0.1) is 18.2 Å². The summed E-state index contributed by atoms with van der Waals surface area (Å²) in [6.07, 6.45) is 25.0. The Morgan fingerprint density at radius 2 is 1.35 bits per heavy atom. The molecule has 1 heterocycles. The maximum absolute atomic E-state index is 4.41. The van der Waals surface area contributed by atoms with E-state index in [1.165, 1.54) is 89.9 Å². The highest BCUT2D eigenvalue weighted by Crippen LogP contribution is 2.12. The van der Waals surface area contributed by atoms with Gasteiger partial charge in [-0.3, -0.25) is 4.99 Å². The van der Waals surface area contributed by atoms with Crippen molar-refractivity contribution in [1.82, 2.24) is 9.97 Å². The van der Waals surface area contributed by atoms with E-state index in [0.29, 0.717) is 0 Å². The SMILES string of the molecule is CCCCCCCCCCCCCCCCN=Cc1cnc[nH]1. The first kappa shape index (κ1) is 19.9. The first-order valence-electron chi connectivity index (χ1n) is 9.91. The van der Waals surface area contributed by atoms with E-state index in [4.69, 9.17) is 0 Å². The Morgan fingerprint density at radius 1 is 0.826 bits per heavy atom. The van der Waals surface area contributed by atoms with Crippen molar-refractivity contribution < 1.29 is 0 Å². The zero-order valence-electron chi connectivity index (χ0n) is 15.2. The van der Waals surface area contributed by atoms with Crippen LogP contribution >= 0.6 is 0 Å². The molecule has 1 aromatic rings. The van der Waals surface area contributed by atoms with Gasteiger partial charge in [0.2, 0.25) is 0 Å². The smallest absolute Gasteiger partial charge is 0.0924 e. The molecule has 0 spiro atoms. The fourth-order valence-electron chi connectivity index (χ4n) is 2.90. The molecule has 0 unspecified atom stereocenters. The van der Waals surface area contributed by atoms with Gasteiger partial charge in [0.15, 0.2) is 0 Å². The van der Waals surface area contributed by atoms with Crippen LogP contribution in [0.1, 0.15) is 103 Å². The molecule has 0 bridgehead atoms. The number of aliphatic imine (C=N–C) groups is 1. The van der Waals surface area contributed by atoms with Crippen molar-refractivity contribution in [2.75, 3.05) is 6.54 Å². The predicted octanol–water partition coefficient (Wildman–Crippen LogP) is 6.31. The van der Waals surface area contributed by atoms with Crippen molar-refractivity contribution in [3.8, 4) is 0 Å². The third-order valence-corrected chi connectivity index (χ3v) is 4.39. The molecular weight excluding hydrogens is 282 g/mol. The Bertz CT molecular complexity index is 357. The van der Waals surface area contributed by atoms with Crippen LogP contribution < -0.4 is 0 Å². The van der Waals surface area contributed by atoms with Crippen LogP contribution in [-0.4, -0.2) is 22.7 Å². The van der Waals surface area contributed by atoms with Crippen LogP contribution in [0.15, 0.2) is 17.5 Å². The van der Waals surface area contributed by atoms with E-state index in [9.17, 15) is 0 Å². The maximum atomic E-state index is 4.41. The predicted molar refractivity (Wildman–Crippen MR) is 101 cm³/mol. The summed E-state index contributed by atoms with van der Waals surface area (Å²) in [6, 6.07) is 0. The van der Waals surface area contributed by atoms with Crippen molar-refractivity contribution in [1.29, 1.82) is 0 Å². The van der Waals surface area contributed by atoms with Crippen molar-refractivity contribution in [3.05, 3.63) is 18.2 Å². The van der Waals surface area contributed by atoms with Crippen LogP contribution in [0.25, 0.3) is 0 Å². The Morgan fingerprint density at radius 3 is 1.83 bits per heavy atom. The Hall–Kier alpha value is -1.12. The summed E-state index contributed by atoms with van der Waals surface area (Å²) in [5, 5.41) is 0. The molecule has 1 aromatic heterocycles. The van der Waals surface area contributed by atoms with E-state index in [1.54, 1.807) is 12.5 Å². The van der Waals surface area contributed by atoms with Crippen LogP contribution in [0.2, 0.25) is 0 Å². The van der Waals surface area contributed by atoms with Gasteiger partial charge in [-0.05, 0) is 6.42 Å². The second-order valence-electron chi connectivity index (χ2n) is 6.64. The third kappa shape index (κ3) is 13.1. The highest BCUT2D eigenvalue weighted by Gasteiger charge is 1.94. The quantitative estimate of drug-likeness (QED) is 0.281. The first-order chi connectivity index (χ1) is 11.4. The number of aromatic amines is 1. The molecule has 0 aliphatic heterocycles. The number of nitrogens with zero attached hydrogens (tertiary/aromatic N) is 2. The van der Waals surface area contributed by atoms with Crippen LogP contribution in [0.3, 0.4) is 0 Å². The minimum Gasteiger partial charge on any atom is -0.344 e. The van der Waals surface area contributed by atoms with Gasteiger partial charge in [0.1, 0.15) is 0 Å². The van der Waals surface area contributed by atoms with E-state index < -0.39 is 0 Å². The highest BCUT2D eigenvalue weighted by atomic mass is 14.9. The maximum Gasteiger partial charge on any atom is 0.0924 e. The van der Waals surface area contributed by atoms with E-state index in [0.717, 1.165) is 12.2 Å². The molecule has 132 valence electrons. The average molecular weight is 320 g/mol. The number of unbranched alkanes of at least 4 members (excludes halogenated alkanes) is 13. The Balaban J connectivity index is 1.71. The summed E-state index contributed by atoms with van der Waals surface area (Å²) >= 11 is 0. The summed E-state index contributed by atoms with van der Waals surface area (Å²) in [5.74, 6) is 0. The summed E-state index contributed by atoms with van der Waals surface area (Å²) < 4.78 is 0. The molecule has 0 radical (unpaired) electrons. The summed E-state index contributed by atoms with van der Waals surface area (Å²) in [6.45, 7) is 3.23. The number of H-pyrrole nitrogens is 1. The lowest BCUT2D eigenvalue weighted by atomic mass is 10.0. The molecule has 3 nitrogen and oxygen atoms in total. The Kier molecular flexibility index (Phi) is 13.7. The third-order valence-electron chi connectivity index (χ3n) is 4.39. The van der Waals surface area contributed by atoms with Crippen molar-refractivity contribution in [2.45, 2.75) is 96.8 Å². The van der Waals surface area contributed by atoms with E-state index in [2.05, 4.69) is 21.9 Å². The molecule has 0 saturated heterocycles. The van der Waals surface area contributed by atoms with Gasteiger partial charge in [-0.1, -0.05) is 90.4 Å². The van der Waals surface area contributed by atoms with Gasteiger partial charge in [-0.2, -0.15) is 0 Å². The molecule has 0 aliphatic rings. The largest absolute Gasteiger partial charge is 0.344 e. The Labute approximate surface area is 143 Å². The molecule has 0 amide bonds. The van der Waals surface area contributed by atoms with Gasteiger partial charge in [-0.25, -0.2) is 4.98 Å². The zero-order chi connectivity index (χ0) is 16.4. The topological polar surface area (TPSA) is 41.0 Å². The summed E-state index contributed by atoms with van der Waals surface area (Å²) in [7, 11) is 0. The van der Waals surface area contributed by atoms with Crippen molar-refractivity contribution >= 4 is 6.21 Å². The molecule has 23 heavy (non-hydrogen) atoms. The van der Waals surface area contributed by atoms with E-state index in [-0.39, 0.29) is 0 Å². The van der Waals surface area contributed by atoms with Gasteiger partial charge in [-0.15, -0.1) is 0 Å². The molecule has 1 rings (SSSR count). The van der Waals surface area contributed by atoms with Crippen LogP contribution in [-0.2, 0) is 0 Å².